The van der Waals surface area contributed by atoms with E-state index in [0.29, 0.717) is 0 Å². The Morgan fingerprint density at radius 1 is 1.15 bits per heavy atom. The number of hydrogen-bond acceptors (Lipinski definition) is 3. The van der Waals surface area contributed by atoms with Gasteiger partial charge in [-0.25, -0.2) is 0 Å². The number of carboxylic acids is 1. The lowest BCUT2D eigenvalue weighted by atomic mass is 9.97. The zero-order chi connectivity index (χ0) is 16.2. The van der Waals surface area contributed by atoms with Gasteiger partial charge in [-0.05, 0) is 26.2 Å². The van der Waals surface area contributed by atoms with Crippen molar-refractivity contribution in [3.8, 4) is 0 Å². The van der Waals surface area contributed by atoms with Crippen LogP contribution < -0.4 is 5.73 Å². The molecule has 0 aliphatic carbocycles. The number of carbonyl (C=O) groups is 1. The van der Waals surface area contributed by atoms with Crippen molar-refractivity contribution < 1.29 is 41.0 Å². The fourth-order valence-electron chi connectivity index (χ4n) is 1.28. The van der Waals surface area contributed by atoms with E-state index >= 15 is 0 Å². The largest absolute Gasteiger partial charge is 0.480 e. The van der Waals surface area contributed by atoms with Crippen LogP contribution in [0.5, 0.6) is 0 Å². The average Bonchev–Trinajstić information content (AvgIpc) is 2.18. The highest BCUT2D eigenvalue weighted by Crippen LogP contribution is 2.35. The van der Waals surface area contributed by atoms with Gasteiger partial charge in [0.2, 0.25) is 6.10 Å². The molecular formula is C10H15F6NO3. The number of rotatable bonds is 7. The molecule has 120 valence electrons. The first kappa shape index (κ1) is 19.0. The van der Waals surface area contributed by atoms with Gasteiger partial charge in [0.1, 0.15) is 5.54 Å². The molecule has 0 amide bonds. The predicted octanol–water partition coefficient (Wildman–Crippen LogP) is 2.47. The van der Waals surface area contributed by atoms with Gasteiger partial charge in [-0.3, -0.25) is 4.79 Å². The van der Waals surface area contributed by atoms with Crippen molar-refractivity contribution in [2.24, 2.45) is 5.73 Å². The number of nitrogens with two attached hydrogens (primary N) is 1. The molecule has 0 aromatic rings. The first-order valence-corrected chi connectivity index (χ1v) is 5.56. The van der Waals surface area contributed by atoms with E-state index in [1.807, 2.05) is 0 Å². The van der Waals surface area contributed by atoms with E-state index in [4.69, 9.17) is 10.8 Å². The second kappa shape index (κ2) is 6.61. The lowest BCUT2D eigenvalue weighted by Gasteiger charge is -2.23. The third-order valence-corrected chi connectivity index (χ3v) is 2.46. The van der Waals surface area contributed by atoms with Gasteiger partial charge in [0.15, 0.2) is 0 Å². The van der Waals surface area contributed by atoms with Crippen LogP contribution in [0.25, 0.3) is 0 Å². The van der Waals surface area contributed by atoms with Gasteiger partial charge in [-0.1, -0.05) is 0 Å². The molecule has 3 N–H and O–H groups in total. The summed E-state index contributed by atoms with van der Waals surface area (Å²) in [5, 5.41) is 8.65. The molecule has 0 saturated carbocycles. The summed E-state index contributed by atoms with van der Waals surface area (Å²) in [5.41, 5.74) is 3.76. The molecule has 0 fully saturated rings. The Balaban J connectivity index is 4.20. The van der Waals surface area contributed by atoms with Crippen molar-refractivity contribution >= 4 is 5.97 Å². The molecule has 0 aliphatic heterocycles. The number of aliphatic carboxylic acids is 1. The molecule has 4 nitrogen and oxygen atoms in total. The standard InChI is InChI=1S/C10H15F6NO3/c1-8(17,7(18)19)4-2-3-5-20-6(9(11,12)13)10(14,15)16/h6H,2-5,17H2,1H3,(H,18,19). The minimum absolute atomic E-state index is 0.0295. The third-order valence-electron chi connectivity index (χ3n) is 2.46. The highest BCUT2D eigenvalue weighted by atomic mass is 19.4. The summed E-state index contributed by atoms with van der Waals surface area (Å²) in [7, 11) is 0. The van der Waals surface area contributed by atoms with Crippen molar-refractivity contribution in [2.45, 2.75) is 50.2 Å². The highest BCUT2D eigenvalue weighted by Gasteiger charge is 2.57. The van der Waals surface area contributed by atoms with Crippen molar-refractivity contribution in [1.29, 1.82) is 0 Å². The van der Waals surface area contributed by atoms with Crippen LogP contribution in [0.2, 0.25) is 0 Å². The Kier molecular flexibility index (Phi) is 6.27. The van der Waals surface area contributed by atoms with Crippen LogP contribution in [-0.4, -0.2) is 41.7 Å². The van der Waals surface area contributed by atoms with Gasteiger partial charge < -0.3 is 15.6 Å². The Morgan fingerprint density at radius 2 is 1.60 bits per heavy atom. The first-order chi connectivity index (χ1) is 8.78. The molecule has 20 heavy (non-hydrogen) atoms. The van der Waals surface area contributed by atoms with Crippen LogP contribution >= 0.6 is 0 Å². The normalized spacial score (nSPS) is 16.2. The lowest BCUT2D eigenvalue weighted by Crippen LogP contribution is -2.45. The number of ether oxygens (including phenoxy) is 1. The molecule has 10 heteroatoms. The van der Waals surface area contributed by atoms with Gasteiger partial charge in [-0.15, -0.1) is 0 Å². The maximum atomic E-state index is 12.1. The quantitative estimate of drug-likeness (QED) is 0.559. The van der Waals surface area contributed by atoms with E-state index in [1.54, 1.807) is 0 Å². The summed E-state index contributed by atoms with van der Waals surface area (Å²) in [6.07, 6.45) is -15.1. The molecule has 0 radical (unpaired) electrons. The zero-order valence-corrected chi connectivity index (χ0v) is 10.5. The molecule has 0 rings (SSSR count). The van der Waals surface area contributed by atoms with Gasteiger partial charge in [0.25, 0.3) is 0 Å². The molecule has 0 aromatic carbocycles. The molecule has 0 saturated heterocycles. The minimum Gasteiger partial charge on any atom is -0.480 e. The van der Waals surface area contributed by atoms with Crippen molar-refractivity contribution in [3.05, 3.63) is 0 Å². The summed E-state index contributed by atoms with van der Waals surface area (Å²) in [5.74, 6) is -1.30. The van der Waals surface area contributed by atoms with Crippen LogP contribution in [0.15, 0.2) is 0 Å². The Labute approximate surface area is 110 Å². The topological polar surface area (TPSA) is 72.5 Å². The zero-order valence-electron chi connectivity index (χ0n) is 10.5. The molecule has 1 atom stereocenters. The lowest BCUT2D eigenvalue weighted by molar-refractivity contribution is -0.321. The van der Waals surface area contributed by atoms with Crippen molar-refractivity contribution in [2.75, 3.05) is 6.61 Å². The van der Waals surface area contributed by atoms with E-state index in [-0.39, 0.29) is 19.3 Å². The number of unbranched alkanes of at least 4 members (excludes halogenated alkanes) is 1. The molecule has 1 unspecified atom stereocenters. The van der Waals surface area contributed by atoms with Gasteiger partial charge in [-0.2, -0.15) is 26.3 Å². The summed E-state index contributed by atoms with van der Waals surface area (Å²) >= 11 is 0. The highest BCUT2D eigenvalue weighted by molar-refractivity contribution is 5.77. The number of halogens is 6. The molecule has 0 aromatic heterocycles. The van der Waals surface area contributed by atoms with Gasteiger partial charge in [0.05, 0.1) is 0 Å². The minimum atomic E-state index is -5.54. The van der Waals surface area contributed by atoms with Crippen molar-refractivity contribution in [1.82, 2.24) is 0 Å². The molecule has 0 aliphatic rings. The monoisotopic (exact) mass is 311 g/mol. The molecule has 0 spiro atoms. The van der Waals surface area contributed by atoms with E-state index in [1.165, 1.54) is 6.92 Å². The Morgan fingerprint density at radius 3 is 1.95 bits per heavy atom. The second-order valence-corrected chi connectivity index (χ2v) is 4.51. The molecule has 0 bridgehead atoms. The molecule has 0 heterocycles. The van der Waals surface area contributed by atoms with E-state index in [9.17, 15) is 31.1 Å². The number of alkyl halides is 6. The van der Waals surface area contributed by atoms with E-state index in [0.717, 1.165) is 0 Å². The van der Waals surface area contributed by atoms with E-state index < -0.39 is 36.6 Å². The second-order valence-electron chi connectivity index (χ2n) is 4.51. The maximum Gasteiger partial charge on any atom is 0.423 e. The first-order valence-electron chi connectivity index (χ1n) is 5.56. The SMILES string of the molecule is CC(N)(CCCCOC(C(F)(F)F)C(F)(F)F)C(=O)O. The van der Waals surface area contributed by atoms with Crippen LogP contribution in [0.1, 0.15) is 26.2 Å². The summed E-state index contributed by atoms with van der Waals surface area (Å²) in [4.78, 5) is 10.6. The maximum absolute atomic E-state index is 12.1. The Bertz CT molecular complexity index is 312. The summed E-state index contributed by atoms with van der Waals surface area (Å²) < 4.78 is 76.3. The predicted molar refractivity (Wildman–Crippen MR) is 55.9 cm³/mol. The van der Waals surface area contributed by atoms with Crippen LogP contribution in [-0.2, 0) is 9.53 Å². The van der Waals surface area contributed by atoms with Crippen LogP contribution in [0.3, 0.4) is 0 Å². The van der Waals surface area contributed by atoms with Crippen LogP contribution in [0, 0.1) is 0 Å². The van der Waals surface area contributed by atoms with Gasteiger partial charge >= 0.3 is 18.3 Å². The fraction of sp³-hybridized carbons (Fsp3) is 0.900. The summed E-state index contributed by atoms with van der Waals surface area (Å²) in [6, 6.07) is 0. The number of carboxylic acid groups (broad SMARTS) is 1. The van der Waals surface area contributed by atoms with E-state index in [2.05, 4.69) is 4.74 Å². The fourth-order valence-corrected chi connectivity index (χ4v) is 1.28. The Hall–Kier alpha value is -1.03. The third kappa shape index (κ3) is 6.42. The van der Waals surface area contributed by atoms with Crippen LogP contribution in [0.4, 0.5) is 26.3 Å². The average molecular weight is 311 g/mol. The van der Waals surface area contributed by atoms with Gasteiger partial charge in [0, 0.05) is 6.61 Å². The smallest absolute Gasteiger partial charge is 0.423 e. The number of hydrogen-bond donors (Lipinski definition) is 2. The summed E-state index contributed by atoms with van der Waals surface area (Å²) in [6.45, 7) is 0.407. The van der Waals surface area contributed by atoms with Crippen molar-refractivity contribution in [3.63, 3.8) is 0 Å². The molecular weight excluding hydrogens is 296 g/mol.